The molecule has 0 aromatic heterocycles. The average molecular weight is 347 g/mol. The summed E-state index contributed by atoms with van der Waals surface area (Å²) >= 11 is 0. The molecule has 2 aromatic rings. The molecule has 1 atom stereocenters. The van der Waals surface area contributed by atoms with E-state index in [4.69, 9.17) is 9.47 Å². The maximum Gasteiger partial charge on any atom is 0.239 e. The fraction of sp³-hybridized carbons (Fsp3) is 0.474. The van der Waals surface area contributed by atoms with Crippen LogP contribution in [-0.2, 0) is 21.7 Å². The fourth-order valence-electron chi connectivity index (χ4n) is 3.17. The molecule has 0 amide bonds. The third-order valence-electron chi connectivity index (χ3n) is 4.32. The van der Waals surface area contributed by atoms with Crippen LogP contribution in [0.15, 0.2) is 36.4 Å². The van der Waals surface area contributed by atoms with Crippen LogP contribution in [0.4, 0.5) is 0 Å². The highest BCUT2D eigenvalue weighted by atomic mass is 16.7. The lowest BCUT2D eigenvalue weighted by Crippen LogP contribution is -2.33. The molecule has 0 aliphatic rings. The molecule has 1 N–H and O–H groups in total. The second-order valence-electron chi connectivity index (χ2n) is 5.95. The van der Waals surface area contributed by atoms with Crippen molar-refractivity contribution in [1.82, 2.24) is 0 Å². The molecule has 0 spiro atoms. The zero-order valence-corrected chi connectivity index (χ0v) is 14.9. The molecule has 136 valence electrons. The van der Waals surface area contributed by atoms with Gasteiger partial charge >= 0.3 is 0 Å². The van der Waals surface area contributed by atoms with Crippen molar-refractivity contribution in [3.05, 3.63) is 57.6 Å². The Bertz CT molecular complexity index is 725. The molecule has 0 bridgehead atoms. The van der Waals surface area contributed by atoms with Crippen LogP contribution in [0.3, 0.4) is 0 Å². The lowest BCUT2D eigenvalue weighted by molar-refractivity contribution is -0.525. The van der Waals surface area contributed by atoms with Gasteiger partial charge in [0.2, 0.25) is 6.04 Å². The third kappa shape index (κ3) is 4.15. The quantitative estimate of drug-likeness (QED) is 0.428. The molecule has 25 heavy (non-hydrogen) atoms. The molecule has 0 heterocycles. The molecule has 0 saturated heterocycles. The second kappa shape index (κ2) is 8.38. The van der Waals surface area contributed by atoms with Crippen LogP contribution in [0.5, 0.6) is 0 Å². The van der Waals surface area contributed by atoms with Crippen molar-refractivity contribution in [1.29, 1.82) is 0 Å². The van der Waals surface area contributed by atoms with Gasteiger partial charge < -0.3 is 14.6 Å². The Kier molecular flexibility index (Phi) is 6.47. The summed E-state index contributed by atoms with van der Waals surface area (Å²) in [7, 11) is 0. The first-order valence-corrected chi connectivity index (χ1v) is 8.50. The van der Waals surface area contributed by atoms with Gasteiger partial charge in [-0.05, 0) is 37.1 Å². The van der Waals surface area contributed by atoms with Crippen LogP contribution in [-0.4, -0.2) is 35.9 Å². The summed E-state index contributed by atoms with van der Waals surface area (Å²) in [6, 6.07) is 10.5. The van der Waals surface area contributed by atoms with Gasteiger partial charge in [0.05, 0.1) is 0 Å². The van der Waals surface area contributed by atoms with Gasteiger partial charge in [0, 0.05) is 30.1 Å². The second-order valence-corrected chi connectivity index (χ2v) is 5.95. The first kappa shape index (κ1) is 19.3. The molecular formula is C19H25NO5. The van der Waals surface area contributed by atoms with E-state index < -0.39 is 23.4 Å². The van der Waals surface area contributed by atoms with Crippen molar-refractivity contribution < 1.29 is 19.5 Å². The van der Waals surface area contributed by atoms with Crippen LogP contribution in [0, 0.1) is 10.1 Å². The maximum atomic E-state index is 11.3. The molecule has 2 aromatic carbocycles. The number of hydrogen-bond acceptors (Lipinski definition) is 5. The zero-order chi connectivity index (χ0) is 18.4. The number of nitro groups is 1. The highest BCUT2D eigenvalue weighted by molar-refractivity contribution is 5.87. The molecular weight excluding hydrogens is 322 g/mol. The minimum atomic E-state index is -1.07. The highest BCUT2D eigenvalue weighted by Crippen LogP contribution is 2.35. The van der Waals surface area contributed by atoms with E-state index in [2.05, 4.69) is 0 Å². The van der Waals surface area contributed by atoms with Crippen LogP contribution >= 0.6 is 0 Å². The standard InChI is InChI=1S/C19H25NO5/c1-4-24-19(3,25-5-2)18-11-10-14-8-6-7-9-16(14)17(18)12-15(13-21)20(22)23/h6-11,15,21H,4-5,12-13H2,1-3H3. The van der Waals surface area contributed by atoms with Crippen molar-refractivity contribution in [2.45, 2.75) is 39.0 Å². The Morgan fingerprint density at radius 2 is 1.80 bits per heavy atom. The summed E-state index contributed by atoms with van der Waals surface area (Å²) in [5, 5.41) is 22.6. The molecule has 0 fully saturated rings. The minimum Gasteiger partial charge on any atom is -0.389 e. The van der Waals surface area contributed by atoms with Crippen molar-refractivity contribution in [2.24, 2.45) is 0 Å². The SMILES string of the molecule is CCOC(C)(OCC)c1ccc2ccccc2c1CC(CO)[N+](=O)[O-]. The summed E-state index contributed by atoms with van der Waals surface area (Å²) in [6.45, 7) is 5.96. The van der Waals surface area contributed by atoms with Gasteiger partial charge in [-0.2, -0.15) is 0 Å². The number of rotatable bonds is 9. The Labute approximate surface area is 147 Å². The van der Waals surface area contributed by atoms with E-state index in [0.29, 0.717) is 13.2 Å². The molecule has 0 radical (unpaired) electrons. The molecule has 6 heteroatoms. The molecule has 0 aliphatic heterocycles. The summed E-state index contributed by atoms with van der Waals surface area (Å²) in [5.41, 5.74) is 1.54. The van der Waals surface area contributed by atoms with Gasteiger partial charge in [-0.3, -0.25) is 10.1 Å². The summed E-state index contributed by atoms with van der Waals surface area (Å²) < 4.78 is 11.7. The first-order valence-electron chi connectivity index (χ1n) is 8.50. The molecule has 0 aliphatic carbocycles. The van der Waals surface area contributed by atoms with Gasteiger partial charge in [-0.15, -0.1) is 0 Å². The first-order chi connectivity index (χ1) is 12.0. The molecule has 1 unspecified atom stereocenters. The number of hydrogen-bond donors (Lipinski definition) is 1. The molecule has 2 rings (SSSR count). The van der Waals surface area contributed by atoms with Gasteiger partial charge in [-0.1, -0.05) is 36.4 Å². The van der Waals surface area contributed by atoms with E-state index in [9.17, 15) is 15.2 Å². The Morgan fingerprint density at radius 1 is 1.16 bits per heavy atom. The van der Waals surface area contributed by atoms with E-state index in [-0.39, 0.29) is 6.42 Å². The maximum absolute atomic E-state index is 11.3. The highest BCUT2D eigenvalue weighted by Gasteiger charge is 2.33. The van der Waals surface area contributed by atoms with Crippen molar-refractivity contribution in [3.8, 4) is 0 Å². The molecule has 6 nitrogen and oxygen atoms in total. The van der Waals surface area contributed by atoms with Gasteiger partial charge in [-0.25, -0.2) is 0 Å². The van der Waals surface area contributed by atoms with Crippen LogP contribution in [0.1, 0.15) is 31.9 Å². The number of ether oxygens (including phenoxy) is 2. The van der Waals surface area contributed by atoms with Gasteiger partial charge in [0.1, 0.15) is 6.61 Å². The predicted octanol–water partition coefficient (Wildman–Crippen LogP) is 3.27. The van der Waals surface area contributed by atoms with Crippen LogP contribution < -0.4 is 0 Å². The number of aliphatic hydroxyl groups is 1. The van der Waals surface area contributed by atoms with E-state index in [1.165, 1.54) is 0 Å². The van der Waals surface area contributed by atoms with E-state index >= 15 is 0 Å². The lowest BCUT2D eigenvalue weighted by Gasteiger charge is -2.32. The number of benzene rings is 2. The average Bonchev–Trinajstić information content (AvgIpc) is 2.59. The zero-order valence-electron chi connectivity index (χ0n) is 14.9. The molecule has 0 saturated carbocycles. The monoisotopic (exact) mass is 347 g/mol. The number of aliphatic hydroxyl groups excluding tert-OH is 1. The Hall–Kier alpha value is -2.02. The van der Waals surface area contributed by atoms with Gasteiger partial charge in [0.15, 0.2) is 5.79 Å². The fourth-order valence-corrected chi connectivity index (χ4v) is 3.17. The smallest absolute Gasteiger partial charge is 0.239 e. The largest absolute Gasteiger partial charge is 0.389 e. The van der Waals surface area contributed by atoms with Crippen molar-refractivity contribution in [2.75, 3.05) is 19.8 Å². The van der Waals surface area contributed by atoms with Gasteiger partial charge in [0.25, 0.3) is 0 Å². The van der Waals surface area contributed by atoms with Crippen molar-refractivity contribution in [3.63, 3.8) is 0 Å². The Balaban J connectivity index is 2.66. The summed E-state index contributed by atoms with van der Waals surface area (Å²) in [5.74, 6) is -1.00. The number of fused-ring (bicyclic) bond motifs is 1. The third-order valence-corrected chi connectivity index (χ3v) is 4.32. The summed E-state index contributed by atoms with van der Waals surface area (Å²) in [6.07, 6.45) is 0.107. The topological polar surface area (TPSA) is 81.8 Å². The minimum absolute atomic E-state index is 0.107. The van der Waals surface area contributed by atoms with E-state index in [0.717, 1.165) is 21.9 Å². The van der Waals surface area contributed by atoms with E-state index in [1.807, 2.05) is 57.2 Å². The normalized spacial score (nSPS) is 13.1. The van der Waals surface area contributed by atoms with Crippen molar-refractivity contribution >= 4 is 10.8 Å². The predicted molar refractivity (Wildman–Crippen MR) is 96.1 cm³/mol. The lowest BCUT2D eigenvalue weighted by atomic mass is 9.90. The summed E-state index contributed by atoms with van der Waals surface area (Å²) in [4.78, 5) is 10.8. The van der Waals surface area contributed by atoms with Crippen LogP contribution in [0.25, 0.3) is 10.8 Å². The number of nitrogens with zero attached hydrogens (tertiary/aromatic N) is 1. The van der Waals surface area contributed by atoms with E-state index in [1.54, 1.807) is 0 Å². The van der Waals surface area contributed by atoms with Crippen LogP contribution in [0.2, 0.25) is 0 Å². The Morgan fingerprint density at radius 3 is 2.36 bits per heavy atom.